The van der Waals surface area contributed by atoms with Crippen LogP contribution in [0.5, 0.6) is 0 Å². The number of nitriles is 1. The second-order valence-electron chi connectivity index (χ2n) is 10.2. The molecule has 0 radical (unpaired) electrons. The van der Waals surface area contributed by atoms with Crippen molar-refractivity contribution in [1.82, 2.24) is 14.6 Å². The monoisotopic (exact) mass is 548 g/mol. The molecule has 11 heteroatoms. The van der Waals surface area contributed by atoms with Gasteiger partial charge in [-0.1, -0.05) is 12.1 Å². The highest BCUT2D eigenvalue weighted by Crippen LogP contribution is 2.39. The first-order valence-electron chi connectivity index (χ1n) is 12.7. The minimum Gasteiger partial charge on any atom is -0.354 e. The van der Waals surface area contributed by atoms with E-state index in [9.17, 15) is 13.2 Å². The van der Waals surface area contributed by atoms with Crippen LogP contribution in [0.1, 0.15) is 28.0 Å². The van der Waals surface area contributed by atoms with E-state index in [0.29, 0.717) is 25.3 Å². The Hall–Kier alpha value is -3.46. The number of hydrogen-bond acceptors (Lipinski definition) is 8. The van der Waals surface area contributed by atoms with Gasteiger partial charge >= 0.3 is 6.03 Å². The van der Waals surface area contributed by atoms with Gasteiger partial charge in [0.15, 0.2) is 0 Å². The maximum Gasteiger partial charge on any atom is 0.333 e. The van der Waals surface area contributed by atoms with Gasteiger partial charge in [0.25, 0.3) is 10.0 Å². The van der Waals surface area contributed by atoms with Crippen molar-refractivity contribution in [3.05, 3.63) is 58.1 Å². The summed E-state index contributed by atoms with van der Waals surface area (Å²) in [6, 6.07) is 11.1. The van der Waals surface area contributed by atoms with Crippen LogP contribution in [0.25, 0.3) is 11.1 Å². The topological polar surface area (TPSA) is 118 Å². The Balaban J connectivity index is 1.27. The van der Waals surface area contributed by atoms with E-state index in [2.05, 4.69) is 37.0 Å². The summed E-state index contributed by atoms with van der Waals surface area (Å²) in [7, 11) is -2.00. The molecule has 1 aromatic carbocycles. The number of urea groups is 1. The van der Waals surface area contributed by atoms with Crippen LogP contribution in [0.2, 0.25) is 0 Å². The molecule has 1 saturated heterocycles. The number of anilines is 2. The Morgan fingerprint density at radius 2 is 2.00 bits per heavy atom. The third-order valence-electron chi connectivity index (χ3n) is 7.49. The summed E-state index contributed by atoms with van der Waals surface area (Å²) in [5.41, 5.74) is 5.53. The maximum absolute atomic E-state index is 13.1. The molecule has 0 spiro atoms. The number of nitrogens with zero attached hydrogens (tertiary/aromatic N) is 4. The molecule has 0 saturated carbocycles. The van der Waals surface area contributed by atoms with Gasteiger partial charge in [0.2, 0.25) is 0 Å². The van der Waals surface area contributed by atoms with E-state index in [0.717, 1.165) is 70.7 Å². The third kappa shape index (κ3) is 4.64. The second kappa shape index (κ2) is 9.69. The molecule has 2 aromatic heterocycles. The molecule has 0 bridgehead atoms. The summed E-state index contributed by atoms with van der Waals surface area (Å²) in [6.45, 7) is 2.88. The summed E-state index contributed by atoms with van der Waals surface area (Å²) in [5, 5.41) is 12.0. The zero-order valence-corrected chi connectivity index (χ0v) is 22.7. The highest BCUT2D eigenvalue weighted by atomic mass is 32.2. The van der Waals surface area contributed by atoms with Crippen molar-refractivity contribution in [3.8, 4) is 17.2 Å². The smallest absolute Gasteiger partial charge is 0.333 e. The van der Waals surface area contributed by atoms with Crippen molar-refractivity contribution in [2.75, 3.05) is 36.9 Å². The number of thiophene rings is 1. The van der Waals surface area contributed by atoms with Crippen molar-refractivity contribution in [1.29, 1.82) is 5.26 Å². The summed E-state index contributed by atoms with van der Waals surface area (Å²) in [4.78, 5) is 22.9. The normalized spacial score (nSPS) is 17.3. The van der Waals surface area contributed by atoms with Crippen molar-refractivity contribution in [2.45, 2.75) is 36.4 Å². The molecule has 6 rings (SSSR count). The van der Waals surface area contributed by atoms with E-state index < -0.39 is 16.1 Å². The highest BCUT2D eigenvalue weighted by molar-refractivity contribution is 7.92. The molecule has 1 aliphatic carbocycles. The number of carbonyl (C=O) groups is 1. The summed E-state index contributed by atoms with van der Waals surface area (Å²) < 4.78 is 28.6. The largest absolute Gasteiger partial charge is 0.354 e. The number of rotatable bonds is 5. The zero-order chi connectivity index (χ0) is 26.4. The Labute approximate surface area is 226 Å². The van der Waals surface area contributed by atoms with E-state index >= 15 is 0 Å². The van der Waals surface area contributed by atoms with Crippen LogP contribution in [-0.2, 0) is 35.8 Å². The number of fused-ring (bicyclic) bond motifs is 2. The number of aromatic nitrogens is 1. The summed E-state index contributed by atoms with van der Waals surface area (Å²) in [5.74, 6) is 0.790. The Morgan fingerprint density at radius 3 is 2.82 bits per heavy atom. The second-order valence-corrected chi connectivity index (χ2v) is 13.2. The fourth-order valence-electron chi connectivity index (χ4n) is 5.45. The molecule has 3 aromatic rings. The molecule has 0 unspecified atom stereocenters. The van der Waals surface area contributed by atoms with E-state index in [1.807, 2.05) is 25.2 Å². The van der Waals surface area contributed by atoms with Crippen LogP contribution in [0.15, 0.2) is 40.7 Å². The number of hydrogen-bond donors (Lipinski definition) is 2. The van der Waals surface area contributed by atoms with Crippen molar-refractivity contribution < 1.29 is 13.2 Å². The first kappa shape index (κ1) is 24.9. The number of nitrogens with one attached hydrogen (secondary N) is 2. The number of aryl methyl sites for hydroxylation is 1. The summed E-state index contributed by atoms with van der Waals surface area (Å²) >= 11 is 1.24. The minimum absolute atomic E-state index is 0.0122. The lowest BCUT2D eigenvalue weighted by Crippen LogP contribution is -2.46. The number of likely N-dealkylation sites (N-methyl/N-ethyl adjacent to an activating group) is 1. The minimum atomic E-state index is -4.01. The van der Waals surface area contributed by atoms with Gasteiger partial charge in [0, 0.05) is 42.8 Å². The van der Waals surface area contributed by atoms with Gasteiger partial charge in [-0.2, -0.15) is 5.26 Å². The van der Waals surface area contributed by atoms with E-state index in [1.165, 1.54) is 11.3 Å². The molecule has 2 aliphatic heterocycles. The Morgan fingerprint density at radius 1 is 1.16 bits per heavy atom. The first-order chi connectivity index (χ1) is 18.3. The van der Waals surface area contributed by atoms with Crippen LogP contribution in [0.4, 0.5) is 16.3 Å². The van der Waals surface area contributed by atoms with Gasteiger partial charge in [0.05, 0.1) is 17.7 Å². The molecule has 1 fully saturated rings. The van der Waals surface area contributed by atoms with E-state index in [-0.39, 0.29) is 10.1 Å². The molecule has 38 heavy (non-hydrogen) atoms. The molecular formula is C27H28N6O3S2. The number of amides is 2. The third-order valence-corrected chi connectivity index (χ3v) is 10.5. The van der Waals surface area contributed by atoms with E-state index in [4.69, 9.17) is 5.26 Å². The molecule has 196 valence electrons. The lowest BCUT2D eigenvalue weighted by molar-refractivity contribution is 0.256. The quantitative estimate of drug-likeness (QED) is 0.498. The lowest BCUT2D eigenvalue weighted by atomic mass is 9.97. The molecule has 2 amide bonds. The Kier molecular flexibility index (Phi) is 6.34. The molecule has 4 heterocycles. The van der Waals surface area contributed by atoms with Gasteiger partial charge in [-0.3, -0.25) is 0 Å². The van der Waals surface area contributed by atoms with Gasteiger partial charge < -0.3 is 15.1 Å². The van der Waals surface area contributed by atoms with Gasteiger partial charge in [-0.15, -0.1) is 11.3 Å². The molecule has 9 nitrogen and oxygen atoms in total. The highest BCUT2D eigenvalue weighted by Gasteiger charge is 2.29. The lowest BCUT2D eigenvalue weighted by Gasteiger charge is -2.36. The standard InChI is InChI=1S/C27H28N6O3S2/c1-32-10-8-23-20(16-32)12-25(37-23)38(35,36)31-27(34)30-26-21-4-2-3-18(21)5-6-22(26)19-7-9-29-24(11-19)33-14-17(13-28)15-33/h5-7,9,11-12,17H,2-4,8,10,14-16H2,1H3,(H2,30,31,34). The average Bonchev–Trinajstić information content (AvgIpc) is 3.51. The average molecular weight is 549 g/mol. The first-order valence-corrected chi connectivity index (χ1v) is 15.0. The molecule has 2 N–H and O–H groups in total. The zero-order valence-electron chi connectivity index (χ0n) is 21.0. The fraction of sp³-hybridized carbons (Fsp3) is 0.370. The maximum atomic E-state index is 13.1. The van der Waals surface area contributed by atoms with Crippen LogP contribution in [0, 0.1) is 17.2 Å². The molecular weight excluding hydrogens is 520 g/mol. The number of carbonyl (C=O) groups excluding carboxylic acids is 1. The fourth-order valence-corrected chi connectivity index (χ4v) is 7.90. The van der Waals surface area contributed by atoms with Crippen LogP contribution in [-0.4, -0.2) is 51.0 Å². The summed E-state index contributed by atoms with van der Waals surface area (Å²) in [6.07, 6.45) is 5.24. The Bertz CT molecular complexity index is 1570. The van der Waals surface area contributed by atoms with Crippen molar-refractivity contribution >= 4 is 38.9 Å². The van der Waals surface area contributed by atoms with E-state index in [1.54, 1.807) is 12.3 Å². The number of pyridine rings is 1. The predicted molar refractivity (Wildman–Crippen MR) is 147 cm³/mol. The van der Waals surface area contributed by atoms with Crippen LogP contribution >= 0.6 is 11.3 Å². The molecule has 0 atom stereocenters. The van der Waals surface area contributed by atoms with Crippen LogP contribution < -0.4 is 14.9 Å². The van der Waals surface area contributed by atoms with Crippen molar-refractivity contribution in [2.24, 2.45) is 5.92 Å². The van der Waals surface area contributed by atoms with Crippen molar-refractivity contribution in [3.63, 3.8) is 0 Å². The number of benzene rings is 1. The number of sulfonamides is 1. The van der Waals surface area contributed by atoms with Gasteiger partial charge in [-0.05, 0) is 73.2 Å². The van der Waals surface area contributed by atoms with Crippen LogP contribution in [0.3, 0.4) is 0 Å². The predicted octanol–water partition coefficient (Wildman–Crippen LogP) is 3.76. The van der Waals surface area contributed by atoms with Gasteiger partial charge in [0.1, 0.15) is 10.0 Å². The van der Waals surface area contributed by atoms with Gasteiger partial charge in [-0.25, -0.2) is 22.9 Å². The SMILES string of the molecule is CN1CCc2sc(S(=O)(=O)NC(=O)Nc3c(-c4ccnc(N5CC(C#N)C5)c4)ccc4c3CCC4)cc2C1. The molecule has 3 aliphatic rings.